The van der Waals surface area contributed by atoms with Crippen molar-refractivity contribution in [3.63, 3.8) is 0 Å². The van der Waals surface area contributed by atoms with Crippen molar-refractivity contribution in [2.24, 2.45) is 0 Å². The summed E-state index contributed by atoms with van der Waals surface area (Å²) in [7, 11) is 0. The van der Waals surface area contributed by atoms with Crippen molar-refractivity contribution in [2.45, 2.75) is 6.54 Å². The molecule has 2 aromatic heterocycles. The van der Waals surface area contributed by atoms with Gasteiger partial charge in [-0.05, 0) is 35.7 Å². The second-order valence-corrected chi connectivity index (χ2v) is 8.83. The number of benzene rings is 2. The number of halogens is 2. The molecule has 2 aromatic carbocycles. The van der Waals surface area contributed by atoms with Crippen molar-refractivity contribution in [3.8, 4) is 5.69 Å². The average molecular weight is 483 g/mol. The Morgan fingerprint density at radius 3 is 2.12 bits per heavy atom. The molecule has 0 spiro atoms. The number of aromatic nitrogens is 2. The lowest BCUT2D eigenvalue weighted by molar-refractivity contribution is -0.132. The summed E-state index contributed by atoms with van der Waals surface area (Å²) in [6.07, 6.45) is 0. The molecule has 0 radical (unpaired) electrons. The number of nitrogens with zero attached hydrogens (tertiary/aromatic N) is 4. The minimum Gasteiger partial charge on any atom is -0.366 e. The summed E-state index contributed by atoms with van der Waals surface area (Å²) in [6.45, 7) is 1.33. The Kier molecular flexibility index (Phi) is 5.74. The van der Waals surface area contributed by atoms with E-state index in [0.29, 0.717) is 37.4 Å². The topological polar surface area (TPSA) is 67.5 Å². The zero-order valence-electron chi connectivity index (χ0n) is 18.0. The number of hydrogen-bond acceptors (Lipinski definition) is 5. The average Bonchev–Trinajstić information content (AvgIpc) is 3.34. The van der Waals surface area contributed by atoms with Gasteiger partial charge in [-0.25, -0.2) is 18.1 Å². The van der Waals surface area contributed by atoms with E-state index in [0.717, 1.165) is 15.9 Å². The van der Waals surface area contributed by atoms with Crippen molar-refractivity contribution in [1.82, 2.24) is 14.0 Å². The van der Waals surface area contributed by atoms with Gasteiger partial charge in [-0.15, -0.1) is 11.3 Å². The maximum Gasteiger partial charge on any atom is 0.336 e. The molecule has 5 rings (SSSR count). The maximum atomic E-state index is 14.4. The van der Waals surface area contributed by atoms with Crippen LogP contribution in [0.4, 0.5) is 14.5 Å². The molecule has 1 aliphatic rings. The predicted molar refractivity (Wildman–Crippen MR) is 127 cm³/mol. The molecule has 10 heteroatoms. The Bertz CT molecular complexity index is 1500. The minimum atomic E-state index is -0.778. The number of anilines is 1. The number of rotatable bonds is 4. The fourth-order valence-corrected chi connectivity index (χ4v) is 5.05. The van der Waals surface area contributed by atoms with Gasteiger partial charge in [0.05, 0.1) is 16.9 Å². The van der Waals surface area contributed by atoms with Crippen molar-refractivity contribution >= 4 is 33.1 Å². The van der Waals surface area contributed by atoms with E-state index >= 15 is 0 Å². The van der Waals surface area contributed by atoms with E-state index in [1.165, 1.54) is 34.9 Å². The number of piperazine rings is 1. The highest BCUT2D eigenvalue weighted by atomic mass is 32.1. The largest absolute Gasteiger partial charge is 0.366 e. The van der Waals surface area contributed by atoms with Crippen LogP contribution in [0.15, 0.2) is 69.6 Å². The molecule has 1 saturated heterocycles. The van der Waals surface area contributed by atoms with Gasteiger partial charge in [0.2, 0.25) is 5.91 Å². The molecule has 0 saturated carbocycles. The van der Waals surface area contributed by atoms with Crippen LogP contribution in [-0.2, 0) is 11.3 Å². The Hall–Kier alpha value is -3.79. The number of fused-ring (bicyclic) bond motifs is 1. The van der Waals surface area contributed by atoms with Crippen LogP contribution in [0.1, 0.15) is 0 Å². The smallest absolute Gasteiger partial charge is 0.336 e. The van der Waals surface area contributed by atoms with Crippen molar-refractivity contribution in [1.29, 1.82) is 0 Å². The predicted octanol–water partition coefficient (Wildman–Crippen LogP) is 2.84. The Morgan fingerprint density at radius 1 is 0.853 bits per heavy atom. The van der Waals surface area contributed by atoms with E-state index in [-0.39, 0.29) is 28.7 Å². The molecule has 0 unspecified atom stereocenters. The number of amides is 1. The number of hydrogen-bond donors (Lipinski definition) is 0. The number of para-hydroxylation sites is 2. The molecule has 1 fully saturated rings. The highest BCUT2D eigenvalue weighted by Gasteiger charge is 2.25. The zero-order valence-corrected chi connectivity index (χ0v) is 18.8. The van der Waals surface area contributed by atoms with E-state index in [2.05, 4.69) is 0 Å². The van der Waals surface area contributed by atoms with Crippen LogP contribution in [0.25, 0.3) is 15.9 Å². The van der Waals surface area contributed by atoms with Crippen LogP contribution in [0.3, 0.4) is 0 Å². The molecule has 7 nitrogen and oxygen atoms in total. The van der Waals surface area contributed by atoms with E-state index in [1.54, 1.807) is 34.5 Å². The van der Waals surface area contributed by atoms with Crippen molar-refractivity contribution in [2.75, 3.05) is 31.1 Å². The molecular weight excluding hydrogens is 462 g/mol. The highest BCUT2D eigenvalue weighted by molar-refractivity contribution is 7.17. The van der Waals surface area contributed by atoms with E-state index in [1.807, 2.05) is 4.90 Å². The first-order valence-electron chi connectivity index (χ1n) is 10.7. The molecule has 0 atom stereocenters. The normalized spacial score (nSPS) is 14.1. The van der Waals surface area contributed by atoms with E-state index in [4.69, 9.17) is 0 Å². The molecule has 1 amide bonds. The summed E-state index contributed by atoms with van der Waals surface area (Å²) in [6, 6.07) is 13.6. The lowest BCUT2D eigenvalue weighted by atomic mass is 10.2. The molecule has 0 aliphatic carbocycles. The number of thiophene rings is 1. The van der Waals surface area contributed by atoms with Crippen LogP contribution >= 0.6 is 11.3 Å². The summed E-state index contributed by atoms with van der Waals surface area (Å²) in [5.74, 6) is -1.33. The van der Waals surface area contributed by atoms with Crippen LogP contribution in [-0.4, -0.2) is 46.1 Å². The fourth-order valence-electron chi connectivity index (χ4n) is 4.23. The second kappa shape index (κ2) is 8.86. The summed E-state index contributed by atoms with van der Waals surface area (Å²) >= 11 is 1.13. The zero-order chi connectivity index (χ0) is 23.8. The van der Waals surface area contributed by atoms with Crippen LogP contribution in [0, 0.1) is 11.6 Å². The van der Waals surface area contributed by atoms with E-state index in [9.17, 15) is 23.2 Å². The lowest BCUT2D eigenvalue weighted by Crippen LogP contribution is -2.51. The first kappa shape index (κ1) is 22.0. The Labute approximate surface area is 196 Å². The van der Waals surface area contributed by atoms with Crippen molar-refractivity contribution < 1.29 is 13.6 Å². The fraction of sp³-hybridized carbons (Fsp3) is 0.208. The quantitative estimate of drug-likeness (QED) is 0.449. The monoisotopic (exact) mass is 482 g/mol. The number of carbonyl (C=O) groups is 1. The standard InChI is InChI=1S/C24H20F2N4O3S/c25-16-5-1-3-7-18(16)27-10-12-28(13-11-27)21(31)15-29-20-9-14-34-22(20)23(32)30(24(29)33)19-8-4-2-6-17(19)26/h1-9,14H,10-13,15H2. The van der Waals surface area contributed by atoms with Gasteiger partial charge in [-0.2, -0.15) is 0 Å². The van der Waals surface area contributed by atoms with Gasteiger partial charge >= 0.3 is 5.69 Å². The summed E-state index contributed by atoms with van der Waals surface area (Å²) in [4.78, 5) is 42.9. The third kappa shape index (κ3) is 3.79. The first-order chi connectivity index (χ1) is 16.5. The molecule has 0 N–H and O–H groups in total. The van der Waals surface area contributed by atoms with Gasteiger partial charge in [0, 0.05) is 26.2 Å². The maximum absolute atomic E-state index is 14.4. The first-order valence-corrected chi connectivity index (χ1v) is 11.6. The van der Waals surface area contributed by atoms with Gasteiger partial charge < -0.3 is 9.80 Å². The second-order valence-electron chi connectivity index (χ2n) is 7.91. The van der Waals surface area contributed by atoms with Crippen LogP contribution in [0.2, 0.25) is 0 Å². The summed E-state index contributed by atoms with van der Waals surface area (Å²) in [5, 5.41) is 1.66. The van der Waals surface area contributed by atoms with Gasteiger partial charge in [-0.3, -0.25) is 14.2 Å². The third-order valence-corrected chi connectivity index (χ3v) is 6.86. The Balaban J connectivity index is 1.44. The van der Waals surface area contributed by atoms with Crippen LogP contribution < -0.4 is 16.1 Å². The molecule has 3 heterocycles. The van der Waals surface area contributed by atoms with Crippen molar-refractivity contribution in [3.05, 3.63) is 92.4 Å². The third-order valence-electron chi connectivity index (χ3n) is 5.97. The molecule has 4 aromatic rings. The summed E-state index contributed by atoms with van der Waals surface area (Å²) < 4.78 is 30.8. The SMILES string of the molecule is O=C(Cn1c(=O)n(-c2ccccc2F)c(=O)c2sccc21)N1CCN(c2ccccc2F)CC1. The molecule has 1 aliphatic heterocycles. The highest BCUT2D eigenvalue weighted by Crippen LogP contribution is 2.21. The molecule has 174 valence electrons. The lowest BCUT2D eigenvalue weighted by Gasteiger charge is -2.36. The summed E-state index contributed by atoms with van der Waals surface area (Å²) in [5.41, 5.74) is -0.733. The van der Waals surface area contributed by atoms with Gasteiger partial charge in [-0.1, -0.05) is 24.3 Å². The van der Waals surface area contributed by atoms with E-state index < -0.39 is 17.1 Å². The molecule has 0 bridgehead atoms. The van der Waals surface area contributed by atoms with Gasteiger partial charge in [0.15, 0.2) is 0 Å². The minimum absolute atomic E-state index is 0.160. The molecular formula is C24H20F2N4O3S. The Morgan fingerprint density at radius 2 is 1.47 bits per heavy atom. The van der Waals surface area contributed by atoms with Gasteiger partial charge in [0.25, 0.3) is 5.56 Å². The van der Waals surface area contributed by atoms with Gasteiger partial charge in [0.1, 0.15) is 22.9 Å². The number of carbonyl (C=O) groups excluding carboxylic acids is 1. The molecule has 34 heavy (non-hydrogen) atoms. The van der Waals surface area contributed by atoms with Crippen LogP contribution in [0.5, 0.6) is 0 Å².